The molecule has 0 amide bonds. The average Bonchev–Trinajstić information content (AvgIpc) is 2.53. The molecular formula is C9H8ClN3. The molecule has 4 heteroatoms. The smallest absolute Gasteiger partial charge is 0.0734 e. The van der Waals surface area contributed by atoms with Crippen LogP contribution in [0.2, 0.25) is 5.02 Å². The highest BCUT2D eigenvalue weighted by atomic mass is 35.5. The minimum Gasteiger partial charge on any atom is -0.275 e. The third kappa shape index (κ3) is 1.70. The van der Waals surface area contributed by atoms with E-state index < -0.39 is 0 Å². The van der Waals surface area contributed by atoms with E-state index in [1.54, 1.807) is 17.1 Å². The van der Waals surface area contributed by atoms with Crippen LogP contribution in [-0.2, 0) is 7.05 Å². The van der Waals surface area contributed by atoms with Crippen LogP contribution in [0.5, 0.6) is 0 Å². The van der Waals surface area contributed by atoms with E-state index >= 15 is 0 Å². The number of nitrogens with zero attached hydrogens (tertiary/aromatic N) is 3. The summed E-state index contributed by atoms with van der Waals surface area (Å²) in [5.74, 6) is 0. The Kier molecular flexibility index (Phi) is 2.02. The largest absolute Gasteiger partial charge is 0.275 e. The van der Waals surface area contributed by atoms with Crippen molar-refractivity contribution in [3.63, 3.8) is 0 Å². The van der Waals surface area contributed by atoms with E-state index in [1.807, 2.05) is 25.4 Å². The fraction of sp³-hybridized carbons (Fsp3) is 0.111. The fourth-order valence-corrected chi connectivity index (χ4v) is 1.21. The van der Waals surface area contributed by atoms with Gasteiger partial charge in [0.05, 0.1) is 16.9 Å². The van der Waals surface area contributed by atoms with Crippen LogP contribution in [0.1, 0.15) is 0 Å². The van der Waals surface area contributed by atoms with Gasteiger partial charge in [-0.05, 0) is 12.1 Å². The first-order chi connectivity index (χ1) is 6.25. The van der Waals surface area contributed by atoms with Gasteiger partial charge in [0.15, 0.2) is 0 Å². The van der Waals surface area contributed by atoms with Crippen molar-refractivity contribution < 1.29 is 0 Å². The van der Waals surface area contributed by atoms with Gasteiger partial charge < -0.3 is 0 Å². The maximum atomic E-state index is 5.72. The Balaban J connectivity index is 2.41. The van der Waals surface area contributed by atoms with E-state index in [4.69, 9.17) is 11.6 Å². The van der Waals surface area contributed by atoms with Crippen LogP contribution in [-0.4, -0.2) is 14.8 Å². The van der Waals surface area contributed by atoms with Crippen LogP contribution in [0.4, 0.5) is 0 Å². The van der Waals surface area contributed by atoms with Crippen LogP contribution in [0.15, 0.2) is 30.7 Å². The van der Waals surface area contributed by atoms with Crippen LogP contribution in [0.25, 0.3) is 11.3 Å². The molecule has 2 aromatic heterocycles. The second-order valence-corrected chi connectivity index (χ2v) is 3.20. The van der Waals surface area contributed by atoms with Crippen LogP contribution in [0, 0.1) is 0 Å². The molecule has 0 unspecified atom stereocenters. The Hall–Kier alpha value is -1.35. The molecule has 13 heavy (non-hydrogen) atoms. The Morgan fingerprint density at radius 2 is 2.15 bits per heavy atom. The van der Waals surface area contributed by atoms with Crippen LogP contribution < -0.4 is 0 Å². The highest BCUT2D eigenvalue weighted by molar-refractivity contribution is 6.30. The van der Waals surface area contributed by atoms with Crippen molar-refractivity contribution in [1.82, 2.24) is 14.8 Å². The Morgan fingerprint density at radius 1 is 1.31 bits per heavy atom. The molecule has 0 radical (unpaired) electrons. The van der Waals surface area contributed by atoms with E-state index in [9.17, 15) is 0 Å². The molecule has 0 spiro atoms. The van der Waals surface area contributed by atoms with Gasteiger partial charge in [-0.3, -0.25) is 9.67 Å². The third-order valence-corrected chi connectivity index (χ3v) is 1.95. The second-order valence-electron chi connectivity index (χ2n) is 2.76. The summed E-state index contributed by atoms with van der Waals surface area (Å²) in [7, 11) is 1.87. The summed E-state index contributed by atoms with van der Waals surface area (Å²) in [6.07, 6.45) is 5.32. The van der Waals surface area contributed by atoms with Gasteiger partial charge in [0.2, 0.25) is 0 Å². The monoisotopic (exact) mass is 193 g/mol. The first-order valence-electron chi connectivity index (χ1n) is 3.86. The lowest BCUT2D eigenvalue weighted by Gasteiger charge is -1.94. The van der Waals surface area contributed by atoms with Crippen molar-refractivity contribution in [1.29, 1.82) is 0 Å². The summed E-state index contributed by atoms with van der Waals surface area (Å²) in [6, 6.07) is 3.69. The van der Waals surface area contributed by atoms with Crippen molar-refractivity contribution in [3.8, 4) is 11.3 Å². The van der Waals surface area contributed by atoms with Crippen molar-refractivity contribution in [3.05, 3.63) is 35.7 Å². The molecule has 0 aliphatic heterocycles. The summed E-state index contributed by atoms with van der Waals surface area (Å²) < 4.78 is 1.74. The van der Waals surface area contributed by atoms with E-state index in [2.05, 4.69) is 10.1 Å². The molecule has 0 saturated heterocycles. The van der Waals surface area contributed by atoms with Crippen molar-refractivity contribution >= 4 is 11.6 Å². The molecule has 66 valence electrons. The molecule has 0 N–H and O–H groups in total. The van der Waals surface area contributed by atoms with Gasteiger partial charge in [-0.15, -0.1) is 0 Å². The molecule has 2 rings (SSSR count). The van der Waals surface area contributed by atoms with E-state index in [-0.39, 0.29) is 0 Å². The number of hydrogen-bond donors (Lipinski definition) is 0. The topological polar surface area (TPSA) is 30.7 Å². The quantitative estimate of drug-likeness (QED) is 0.695. The molecule has 2 heterocycles. The second kappa shape index (κ2) is 3.18. The zero-order valence-electron chi connectivity index (χ0n) is 7.11. The SMILES string of the molecule is Cn1cc(-c2ccc(Cl)cn2)cn1. The Labute approximate surface area is 81.0 Å². The molecular weight excluding hydrogens is 186 g/mol. The minimum atomic E-state index is 0.646. The van der Waals surface area contributed by atoms with Gasteiger partial charge >= 0.3 is 0 Å². The highest BCUT2D eigenvalue weighted by Crippen LogP contribution is 2.16. The lowest BCUT2D eigenvalue weighted by molar-refractivity contribution is 0.768. The lowest BCUT2D eigenvalue weighted by atomic mass is 10.2. The van der Waals surface area contributed by atoms with E-state index in [1.165, 1.54) is 0 Å². The molecule has 0 fully saturated rings. The number of aromatic nitrogens is 3. The number of halogens is 1. The average molecular weight is 194 g/mol. The molecule has 0 atom stereocenters. The Bertz CT molecular complexity index is 405. The highest BCUT2D eigenvalue weighted by Gasteiger charge is 2.00. The van der Waals surface area contributed by atoms with Gasteiger partial charge in [0.1, 0.15) is 0 Å². The predicted octanol–water partition coefficient (Wildman–Crippen LogP) is 2.14. The summed E-state index contributed by atoms with van der Waals surface area (Å²) >= 11 is 5.72. The molecule has 0 aliphatic carbocycles. The maximum absolute atomic E-state index is 5.72. The summed E-state index contributed by atoms with van der Waals surface area (Å²) in [4.78, 5) is 4.18. The molecule has 0 bridgehead atoms. The number of rotatable bonds is 1. The number of pyridine rings is 1. The fourth-order valence-electron chi connectivity index (χ4n) is 1.10. The van der Waals surface area contributed by atoms with Crippen molar-refractivity contribution in [2.75, 3.05) is 0 Å². The first kappa shape index (κ1) is 8.26. The van der Waals surface area contributed by atoms with Gasteiger partial charge in [-0.25, -0.2) is 0 Å². The number of aryl methyl sites for hydroxylation is 1. The molecule has 0 aromatic carbocycles. The van der Waals surface area contributed by atoms with Crippen molar-refractivity contribution in [2.24, 2.45) is 7.05 Å². The summed E-state index contributed by atoms with van der Waals surface area (Å²) in [5.41, 5.74) is 1.89. The third-order valence-electron chi connectivity index (χ3n) is 1.73. The van der Waals surface area contributed by atoms with Gasteiger partial charge in [0.25, 0.3) is 0 Å². The standard InChI is InChI=1S/C9H8ClN3/c1-13-6-7(4-12-13)9-3-2-8(10)5-11-9/h2-6H,1H3. The zero-order chi connectivity index (χ0) is 9.26. The lowest BCUT2D eigenvalue weighted by Crippen LogP contribution is -1.84. The normalized spacial score (nSPS) is 10.3. The zero-order valence-corrected chi connectivity index (χ0v) is 7.86. The van der Waals surface area contributed by atoms with E-state index in [0.29, 0.717) is 5.02 Å². The van der Waals surface area contributed by atoms with Gasteiger partial charge in [0, 0.05) is 25.0 Å². The maximum Gasteiger partial charge on any atom is 0.0734 e. The summed E-state index contributed by atoms with van der Waals surface area (Å²) in [5, 5.41) is 4.71. The Morgan fingerprint density at radius 3 is 2.69 bits per heavy atom. The molecule has 0 aliphatic rings. The van der Waals surface area contributed by atoms with Gasteiger partial charge in [-0.2, -0.15) is 5.10 Å². The van der Waals surface area contributed by atoms with Gasteiger partial charge in [-0.1, -0.05) is 11.6 Å². The number of hydrogen-bond acceptors (Lipinski definition) is 2. The van der Waals surface area contributed by atoms with Crippen molar-refractivity contribution in [2.45, 2.75) is 0 Å². The van der Waals surface area contributed by atoms with E-state index in [0.717, 1.165) is 11.3 Å². The molecule has 0 saturated carbocycles. The molecule has 3 nitrogen and oxygen atoms in total. The first-order valence-corrected chi connectivity index (χ1v) is 4.24. The molecule has 2 aromatic rings. The predicted molar refractivity (Wildman–Crippen MR) is 51.4 cm³/mol. The van der Waals surface area contributed by atoms with Crippen LogP contribution in [0.3, 0.4) is 0 Å². The summed E-state index contributed by atoms with van der Waals surface area (Å²) in [6.45, 7) is 0. The minimum absolute atomic E-state index is 0.646. The van der Waals surface area contributed by atoms with Crippen LogP contribution >= 0.6 is 11.6 Å².